The minimum Gasteiger partial charge on any atom is -0.467 e. The summed E-state index contributed by atoms with van der Waals surface area (Å²) in [6.45, 7) is 2.15. The van der Waals surface area contributed by atoms with Gasteiger partial charge in [0.25, 0.3) is 0 Å². The number of nitrogens with zero attached hydrogens (tertiary/aromatic N) is 1. The molecule has 1 aliphatic rings. The number of methoxy groups -OCH3 is 1. The molecule has 2 amide bonds. The maximum absolute atomic E-state index is 12.7. The van der Waals surface area contributed by atoms with Gasteiger partial charge in [0.05, 0.1) is 12.5 Å². The van der Waals surface area contributed by atoms with E-state index < -0.39 is 6.04 Å². The van der Waals surface area contributed by atoms with Gasteiger partial charge in [-0.2, -0.15) is 0 Å². The van der Waals surface area contributed by atoms with Crippen molar-refractivity contribution < 1.29 is 14.3 Å². The van der Waals surface area contributed by atoms with Gasteiger partial charge in [-0.05, 0) is 18.6 Å². The molecular weight excluding hydrogens is 312 g/mol. The van der Waals surface area contributed by atoms with Crippen LogP contribution in [0.15, 0.2) is 30.3 Å². The van der Waals surface area contributed by atoms with Crippen LogP contribution < -0.4 is 5.32 Å². The average Bonchev–Trinajstić information content (AvgIpc) is 2.99. The Morgan fingerprint density at radius 3 is 2.70 bits per heavy atom. The molecule has 6 heteroatoms. The highest BCUT2D eigenvalue weighted by Crippen LogP contribution is 2.33. The van der Waals surface area contributed by atoms with Crippen molar-refractivity contribution in [2.75, 3.05) is 18.2 Å². The van der Waals surface area contributed by atoms with Crippen LogP contribution in [0, 0.1) is 0 Å². The van der Waals surface area contributed by atoms with Crippen LogP contribution in [0.2, 0.25) is 0 Å². The lowest BCUT2D eigenvalue weighted by Crippen LogP contribution is -2.48. The van der Waals surface area contributed by atoms with E-state index in [-0.39, 0.29) is 17.4 Å². The molecule has 5 nitrogen and oxygen atoms in total. The number of urea groups is 1. The highest BCUT2D eigenvalue weighted by molar-refractivity contribution is 8.00. The lowest BCUT2D eigenvalue weighted by Gasteiger charge is -2.28. The third-order valence-electron chi connectivity index (χ3n) is 3.88. The Bertz CT molecular complexity index is 524. The number of unbranched alkanes of at least 4 members (excludes halogenated alkanes) is 2. The zero-order valence-electron chi connectivity index (χ0n) is 13.7. The molecule has 0 saturated carbocycles. The number of anilines is 1. The number of hydrogen-bond donors (Lipinski definition) is 1. The van der Waals surface area contributed by atoms with E-state index in [4.69, 9.17) is 4.74 Å². The molecule has 1 aromatic rings. The van der Waals surface area contributed by atoms with E-state index in [2.05, 4.69) is 12.2 Å². The maximum atomic E-state index is 12.7. The Morgan fingerprint density at radius 1 is 1.30 bits per heavy atom. The number of amides is 2. The molecule has 1 saturated heterocycles. The van der Waals surface area contributed by atoms with Gasteiger partial charge < -0.3 is 10.1 Å². The van der Waals surface area contributed by atoms with Gasteiger partial charge in [0.15, 0.2) is 0 Å². The number of rotatable bonds is 6. The minimum atomic E-state index is -0.514. The summed E-state index contributed by atoms with van der Waals surface area (Å²) in [5.74, 6) is 0.241. The molecule has 1 fully saturated rings. The monoisotopic (exact) mass is 336 g/mol. The second kappa shape index (κ2) is 8.82. The number of carbonyl (C=O) groups is 2. The Hall–Kier alpha value is -1.69. The number of esters is 1. The first-order valence-corrected chi connectivity index (χ1v) is 9.06. The first-order valence-electron chi connectivity index (χ1n) is 8.01. The molecule has 2 unspecified atom stereocenters. The zero-order valence-corrected chi connectivity index (χ0v) is 14.5. The standard InChI is InChI=1S/C17H24N2O3S/c1-3-4-6-11-15-19(14(12-23-15)16(20)22-2)17(21)18-13-9-7-5-8-10-13/h5,7-10,14-15H,3-4,6,11-12H2,1-2H3,(H,18,21). The molecule has 0 bridgehead atoms. The van der Waals surface area contributed by atoms with Crippen molar-refractivity contribution in [3.63, 3.8) is 0 Å². The summed E-state index contributed by atoms with van der Waals surface area (Å²) in [7, 11) is 1.37. The molecule has 1 aliphatic heterocycles. The van der Waals surface area contributed by atoms with E-state index >= 15 is 0 Å². The van der Waals surface area contributed by atoms with Gasteiger partial charge in [0, 0.05) is 11.4 Å². The molecule has 1 heterocycles. The van der Waals surface area contributed by atoms with E-state index in [0.717, 1.165) is 31.4 Å². The molecule has 1 N–H and O–H groups in total. The van der Waals surface area contributed by atoms with Gasteiger partial charge in [-0.3, -0.25) is 4.90 Å². The Balaban J connectivity index is 2.08. The number of carbonyl (C=O) groups excluding carboxylic acids is 2. The maximum Gasteiger partial charge on any atom is 0.329 e. The molecule has 0 aromatic heterocycles. The molecule has 0 aliphatic carbocycles. The van der Waals surface area contributed by atoms with Gasteiger partial charge in [-0.25, -0.2) is 9.59 Å². The van der Waals surface area contributed by atoms with Crippen molar-refractivity contribution in [3.8, 4) is 0 Å². The fraction of sp³-hybridized carbons (Fsp3) is 0.529. The molecule has 126 valence electrons. The molecular formula is C17H24N2O3S. The van der Waals surface area contributed by atoms with Crippen LogP contribution in [0.4, 0.5) is 10.5 Å². The van der Waals surface area contributed by atoms with Crippen molar-refractivity contribution in [3.05, 3.63) is 30.3 Å². The lowest BCUT2D eigenvalue weighted by molar-refractivity contribution is -0.144. The third-order valence-corrected chi connectivity index (χ3v) is 5.24. The van der Waals surface area contributed by atoms with Crippen molar-refractivity contribution >= 4 is 29.4 Å². The van der Waals surface area contributed by atoms with E-state index in [1.165, 1.54) is 7.11 Å². The minimum absolute atomic E-state index is 0.0226. The smallest absolute Gasteiger partial charge is 0.329 e. The summed E-state index contributed by atoms with van der Waals surface area (Å²) in [5, 5.41) is 2.90. The molecule has 0 radical (unpaired) electrons. The Labute approximate surface area is 141 Å². The van der Waals surface area contributed by atoms with Crippen LogP contribution in [-0.4, -0.2) is 41.2 Å². The zero-order chi connectivity index (χ0) is 16.7. The van der Waals surface area contributed by atoms with Crippen LogP contribution in [0.1, 0.15) is 32.6 Å². The topological polar surface area (TPSA) is 58.6 Å². The highest BCUT2D eigenvalue weighted by atomic mass is 32.2. The van der Waals surface area contributed by atoms with Crippen LogP contribution in [0.25, 0.3) is 0 Å². The normalized spacial score (nSPS) is 20.3. The van der Waals surface area contributed by atoms with E-state index in [9.17, 15) is 9.59 Å². The molecule has 2 atom stereocenters. The quantitative estimate of drug-likeness (QED) is 0.635. The summed E-state index contributed by atoms with van der Waals surface area (Å²) in [5.41, 5.74) is 0.727. The second-order valence-corrected chi connectivity index (χ2v) is 6.74. The van der Waals surface area contributed by atoms with Crippen molar-refractivity contribution in [1.29, 1.82) is 0 Å². The number of para-hydroxylation sites is 1. The van der Waals surface area contributed by atoms with Crippen LogP contribution >= 0.6 is 11.8 Å². The fourth-order valence-corrected chi connectivity index (χ4v) is 4.09. The van der Waals surface area contributed by atoms with Gasteiger partial charge in [0.2, 0.25) is 0 Å². The highest BCUT2D eigenvalue weighted by Gasteiger charge is 2.41. The first kappa shape index (κ1) is 17.7. The number of nitrogens with one attached hydrogen (secondary N) is 1. The largest absolute Gasteiger partial charge is 0.467 e. The van der Waals surface area contributed by atoms with Gasteiger partial charge >= 0.3 is 12.0 Å². The number of benzene rings is 1. The van der Waals surface area contributed by atoms with Crippen LogP contribution in [0.5, 0.6) is 0 Å². The predicted molar refractivity (Wildman–Crippen MR) is 93.5 cm³/mol. The van der Waals surface area contributed by atoms with Gasteiger partial charge in [-0.1, -0.05) is 44.4 Å². The fourth-order valence-electron chi connectivity index (χ4n) is 2.65. The summed E-state index contributed by atoms with van der Waals surface area (Å²) in [4.78, 5) is 26.3. The Kier molecular flexibility index (Phi) is 6.77. The van der Waals surface area contributed by atoms with Crippen molar-refractivity contribution in [2.45, 2.75) is 44.0 Å². The first-order chi connectivity index (χ1) is 11.2. The number of thioether (sulfide) groups is 1. The number of ether oxygens (including phenoxy) is 1. The second-order valence-electron chi connectivity index (χ2n) is 5.53. The van der Waals surface area contributed by atoms with Gasteiger partial charge in [-0.15, -0.1) is 11.8 Å². The van der Waals surface area contributed by atoms with Crippen molar-refractivity contribution in [2.24, 2.45) is 0 Å². The van der Waals surface area contributed by atoms with Crippen molar-refractivity contribution in [1.82, 2.24) is 4.90 Å². The third kappa shape index (κ3) is 4.64. The molecule has 0 spiro atoms. The average molecular weight is 336 g/mol. The SMILES string of the molecule is CCCCCC1SCC(C(=O)OC)N1C(=O)Nc1ccccc1. The molecule has 1 aromatic carbocycles. The van der Waals surface area contributed by atoms with Gasteiger partial charge in [0.1, 0.15) is 6.04 Å². The van der Waals surface area contributed by atoms with E-state index in [0.29, 0.717) is 5.75 Å². The summed E-state index contributed by atoms with van der Waals surface area (Å²) >= 11 is 1.66. The molecule has 2 rings (SSSR count). The lowest BCUT2D eigenvalue weighted by atomic mass is 10.2. The summed E-state index contributed by atoms with van der Waals surface area (Å²) in [6, 6.07) is 8.54. The summed E-state index contributed by atoms with van der Waals surface area (Å²) in [6.07, 6.45) is 4.22. The van der Waals surface area contributed by atoms with E-state index in [1.54, 1.807) is 16.7 Å². The van der Waals surface area contributed by atoms with E-state index in [1.807, 2.05) is 30.3 Å². The Morgan fingerprint density at radius 2 is 2.04 bits per heavy atom. The molecule has 23 heavy (non-hydrogen) atoms. The number of hydrogen-bond acceptors (Lipinski definition) is 4. The summed E-state index contributed by atoms with van der Waals surface area (Å²) < 4.78 is 4.86. The van der Waals surface area contributed by atoms with Crippen LogP contribution in [-0.2, 0) is 9.53 Å². The van der Waals surface area contributed by atoms with Crippen LogP contribution in [0.3, 0.4) is 0 Å². The predicted octanol–water partition coefficient (Wildman–Crippen LogP) is 3.72.